The maximum atomic E-state index is 12.7. The Kier molecular flexibility index (Phi) is 5.04. The minimum atomic E-state index is 0.0383. The zero-order valence-corrected chi connectivity index (χ0v) is 15.2. The largest absolute Gasteiger partial charge is 0.493 e. The average Bonchev–Trinajstić information content (AvgIpc) is 3.14. The van der Waals surface area contributed by atoms with Crippen molar-refractivity contribution in [3.05, 3.63) is 51.7 Å². The van der Waals surface area contributed by atoms with Gasteiger partial charge in [-0.2, -0.15) is 0 Å². The SMILES string of the molecule is O=C(NC1CCCN(Cc2cccs2)C1)c1ccc2c(c1)CCCO2. The van der Waals surface area contributed by atoms with E-state index in [0.29, 0.717) is 0 Å². The Bertz CT molecular complexity index is 729. The highest BCUT2D eigenvalue weighted by Crippen LogP contribution is 2.25. The predicted molar refractivity (Wildman–Crippen MR) is 100 cm³/mol. The van der Waals surface area contributed by atoms with Crippen LogP contribution in [0.25, 0.3) is 0 Å². The smallest absolute Gasteiger partial charge is 0.251 e. The highest BCUT2D eigenvalue weighted by atomic mass is 32.1. The summed E-state index contributed by atoms with van der Waals surface area (Å²) in [5.41, 5.74) is 1.90. The second-order valence-electron chi connectivity index (χ2n) is 6.90. The molecule has 1 amide bonds. The van der Waals surface area contributed by atoms with Crippen LogP contribution in [0.4, 0.5) is 0 Å². The first kappa shape index (κ1) is 16.6. The summed E-state index contributed by atoms with van der Waals surface area (Å²) in [5.74, 6) is 0.971. The molecule has 0 spiro atoms. The van der Waals surface area contributed by atoms with Crippen LogP contribution in [0.1, 0.15) is 40.1 Å². The summed E-state index contributed by atoms with van der Waals surface area (Å²) in [6, 6.07) is 10.3. The van der Waals surface area contributed by atoms with E-state index < -0.39 is 0 Å². The topological polar surface area (TPSA) is 41.6 Å². The molecular formula is C20H24N2O2S. The Hall–Kier alpha value is -1.85. The molecule has 132 valence electrons. The van der Waals surface area contributed by atoms with Crippen LogP contribution in [0.2, 0.25) is 0 Å². The van der Waals surface area contributed by atoms with Crippen molar-refractivity contribution in [1.29, 1.82) is 0 Å². The van der Waals surface area contributed by atoms with Gasteiger partial charge in [0, 0.05) is 29.6 Å². The first-order chi connectivity index (χ1) is 12.3. The van der Waals surface area contributed by atoms with Gasteiger partial charge in [0.15, 0.2) is 0 Å². The molecule has 1 fully saturated rings. The summed E-state index contributed by atoms with van der Waals surface area (Å²) in [7, 11) is 0. The van der Waals surface area contributed by atoms with Gasteiger partial charge in [-0.15, -0.1) is 11.3 Å². The molecule has 4 nitrogen and oxygen atoms in total. The second kappa shape index (κ2) is 7.58. The molecule has 0 saturated carbocycles. The lowest BCUT2D eigenvalue weighted by Crippen LogP contribution is -2.47. The molecule has 1 unspecified atom stereocenters. The quantitative estimate of drug-likeness (QED) is 0.912. The van der Waals surface area contributed by atoms with Crippen molar-refractivity contribution in [3.63, 3.8) is 0 Å². The molecule has 3 heterocycles. The number of thiophene rings is 1. The standard InChI is InChI=1S/C20H24N2O2S/c23-20(16-7-8-19-15(12-16)4-2-10-24-19)21-17-5-1-9-22(13-17)14-18-6-3-11-25-18/h3,6-8,11-12,17H,1-2,4-5,9-10,13-14H2,(H,21,23). The normalized spacial score (nSPS) is 20.6. The molecular weight excluding hydrogens is 332 g/mol. The van der Waals surface area contributed by atoms with Gasteiger partial charge < -0.3 is 10.1 Å². The number of carbonyl (C=O) groups is 1. The third kappa shape index (κ3) is 4.05. The van der Waals surface area contributed by atoms with Crippen LogP contribution in [-0.4, -0.2) is 36.5 Å². The van der Waals surface area contributed by atoms with Gasteiger partial charge in [-0.05, 0) is 67.4 Å². The maximum absolute atomic E-state index is 12.7. The number of benzene rings is 1. The lowest BCUT2D eigenvalue weighted by molar-refractivity contribution is 0.0901. The molecule has 2 aliphatic heterocycles. The van der Waals surface area contributed by atoms with Crippen molar-refractivity contribution in [2.24, 2.45) is 0 Å². The van der Waals surface area contributed by atoms with Crippen LogP contribution >= 0.6 is 11.3 Å². The number of aryl methyl sites for hydroxylation is 1. The number of ether oxygens (including phenoxy) is 1. The Morgan fingerprint density at radius 1 is 1.32 bits per heavy atom. The predicted octanol–water partition coefficient (Wildman–Crippen LogP) is 3.47. The van der Waals surface area contributed by atoms with Crippen LogP contribution in [0, 0.1) is 0 Å². The molecule has 0 aliphatic carbocycles. The van der Waals surface area contributed by atoms with E-state index in [1.807, 2.05) is 18.2 Å². The van der Waals surface area contributed by atoms with Gasteiger partial charge in [0.1, 0.15) is 5.75 Å². The van der Waals surface area contributed by atoms with E-state index in [0.717, 1.165) is 68.8 Å². The number of fused-ring (bicyclic) bond motifs is 1. The monoisotopic (exact) mass is 356 g/mol. The summed E-state index contributed by atoms with van der Waals surface area (Å²) < 4.78 is 5.63. The first-order valence-corrected chi connectivity index (χ1v) is 9.97. The minimum absolute atomic E-state index is 0.0383. The molecule has 1 aromatic carbocycles. The molecule has 1 atom stereocenters. The second-order valence-corrected chi connectivity index (χ2v) is 7.93. The highest BCUT2D eigenvalue weighted by Gasteiger charge is 2.22. The van der Waals surface area contributed by atoms with Crippen LogP contribution in [0.3, 0.4) is 0 Å². The minimum Gasteiger partial charge on any atom is -0.493 e. The summed E-state index contributed by atoms with van der Waals surface area (Å²) in [6.07, 6.45) is 4.21. The van der Waals surface area contributed by atoms with Crippen molar-refractivity contribution in [2.45, 2.75) is 38.3 Å². The number of hydrogen-bond acceptors (Lipinski definition) is 4. The molecule has 2 aromatic rings. The number of nitrogens with one attached hydrogen (secondary N) is 1. The lowest BCUT2D eigenvalue weighted by Gasteiger charge is -2.33. The van der Waals surface area contributed by atoms with Gasteiger partial charge in [0.05, 0.1) is 6.61 Å². The summed E-state index contributed by atoms with van der Waals surface area (Å²) in [4.78, 5) is 16.5. The van der Waals surface area contributed by atoms with Crippen molar-refractivity contribution in [3.8, 4) is 5.75 Å². The molecule has 2 aliphatic rings. The van der Waals surface area contributed by atoms with E-state index >= 15 is 0 Å². The average molecular weight is 356 g/mol. The van der Waals surface area contributed by atoms with Gasteiger partial charge in [-0.3, -0.25) is 9.69 Å². The van der Waals surface area contributed by atoms with Gasteiger partial charge >= 0.3 is 0 Å². The lowest BCUT2D eigenvalue weighted by atomic mass is 10.0. The Labute approximate surface area is 152 Å². The van der Waals surface area contributed by atoms with Gasteiger partial charge in [0.2, 0.25) is 0 Å². The summed E-state index contributed by atoms with van der Waals surface area (Å²) >= 11 is 1.80. The Morgan fingerprint density at radius 2 is 2.28 bits per heavy atom. The molecule has 0 radical (unpaired) electrons. The van der Waals surface area contributed by atoms with Gasteiger partial charge in [-0.1, -0.05) is 6.07 Å². The van der Waals surface area contributed by atoms with Crippen LogP contribution in [-0.2, 0) is 13.0 Å². The molecule has 5 heteroatoms. The molecule has 25 heavy (non-hydrogen) atoms. The van der Waals surface area contributed by atoms with Crippen molar-refractivity contribution < 1.29 is 9.53 Å². The number of nitrogens with zero attached hydrogens (tertiary/aromatic N) is 1. The molecule has 1 saturated heterocycles. The van der Waals surface area contributed by atoms with Crippen LogP contribution in [0.15, 0.2) is 35.7 Å². The number of amides is 1. The van der Waals surface area contributed by atoms with E-state index in [4.69, 9.17) is 4.74 Å². The first-order valence-electron chi connectivity index (χ1n) is 9.09. The fourth-order valence-electron chi connectivity index (χ4n) is 3.71. The molecule has 4 rings (SSSR count). The van der Waals surface area contributed by atoms with Crippen LogP contribution < -0.4 is 10.1 Å². The van der Waals surface area contributed by atoms with E-state index in [9.17, 15) is 4.79 Å². The third-order valence-corrected chi connectivity index (χ3v) is 5.83. The number of rotatable bonds is 4. The van der Waals surface area contributed by atoms with E-state index in [-0.39, 0.29) is 11.9 Å². The Balaban J connectivity index is 1.37. The number of piperidine rings is 1. The van der Waals surface area contributed by atoms with E-state index in [1.54, 1.807) is 11.3 Å². The molecule has 1 aromatic heterocycles. The van der Waals surface area contributed by atoms with E-state index in [2.05, 4.69) is 27.7 Å². The van der Waals surface area contributed by atoms with Crippen molar-refractivity contribution in [1.82, 2.24) is 10.2 Å². The number of hydrogen-bond donors (Lipinski definition) is 1. The van der Waals surface area contributed by atoms with E-state index in [1.165, 1.54) is 4.88 Å². The summed E-state index contributed by atoms with van der Waals surface area (Å²) in [6.45, 7) is 3.80. The Morgan fingerprint density at radius 3 is 3.16 bits per heavy atom. The third-order valence-electron chi connectivity index (χ3n) is 4.97. The van der Waals surface area contributed by atoms with Crippen LogP contribution in [0.5, 0.6) is 5.75 Å². The number of likely N-dealkylation sites (tertiary alicyclic amines) is 1. The van der Waals surface area contributed by atoms with Crippen molar-refractivity contribution >= 4 is 17.2 Å². The fourth-order valence-corrected chi connectivity index (χ4v) is 4.46. The molecule has 1 N–H and O–H groups in total. The zero-order chi connectivity index (χ0) is 17.1. The maximum Gasteiger partial charge on any atom is 0.251 e. The number of carbonyl (C=O) groups excluding carboxylic acids is 1. The fraction of sp³-hybridized carbons (Fsp3) is 0.450. The van der Waals surface area contributed by atoms with Gasteiger partial charge in [-0.25, -0.2) is 0 Å². The highest BCUT2D eigenvalue weighted by molar-refractivity contribution is 7.09. The van der Waals surface area contributed by atoms with Crippen molar-refractivity contribution in [2.75, 3.05) is 19.7 Å². The molecule has 0 bridgehead atoms. The zero-order valence-electron chi connectivity index (χ0n) is 14.4. The summed E-state index contributed by atoms with van der Waals surface area (Å²) in [5, 5.41) is 5.36. The van der Waals surface area contributed by atoms with Gasteiger partial charge in [0.25, 0.3) is 5.91 Å².